The molecule has 0 heterocycles. The van der Waals surface area contributed by atoms with Crippen LogP contribution in [0.3, 0.4) is 0 Å². The lowest BCUT2D eigenvalue weighted by Gasteiger charge is -2.22. The highest BCUT2D eigenvalue weighted by Gasteiger charge is 2.32. The first-order chi connectivity index (χ1) is 8.65. The third kappa shape index (κ3) is 2.56. The molecule has 0 amide bonds. The van der Waals surface area contributed by atoms with Gasteiger partial charge in [-0.1, -0.05) is 19.4 Å². The Morgan fingerprint density at radius 1 is 1.28 bits per heavy atom. The normalized spacial score (nSPS) is 23.6. The van der Waals surface area contributed by atoms with Gasteiger partial charge in [-0.2, -0.15) is 0 Å². The van der Waals surface area contributed by atoms with E-state index in [1.54, 1.807) is 6.92 Å². The maximum atomic E-state index is 14.1. The molecule has 1 aliphatic carbocycles. The summed E-state index contributed by atoms with van der Waals surface area (Å²) in [4.78, 5) is 0. The molecule has 0 aromatic heterocycles. The van der Waals surface area contributed by atoms with Gasteiger partial charge in [-0.05, 0) is 44.4 Å². The van der Waals surface area contributed by atoms with Crippen LogP contribution in [0.15, 0.2) is 12.1 Å². The van der Waals surface area contributed by atoms with Gasteiger partial charge in [0.15, 0.2) is 0 Å². The second-order valence-corrected chi connectivity index (χ2v) is 5.19. The van der Waals surface area contributed by atoms with E-state index in [1.807, 2.05) is 0 Å². The fourth-order valence-corrected chi connectivity index (χ4v) is 2.90. The van der Waals surface area contributed by atoms with E-state index < -0.39 is 5.82 Å². The van der Waals surface area contributed by atoms with Crippen LogP contribution in [0.1, 0.15) is 49.7 Å². The third-order valence-corrected chi connectivity index (χ3v) is 3.86. The second kappa shape index (κ2) is 5.79. The molecular formula is C15H21F2N. The van der Waals surface area contributed by atoms with Gasteiger partial charge >= 0.3 is 0 Å². The van der Waals surface area contributed by atoms with Crippen LogP contribution in [0.2, 0.25) is 0 Å². The Morgan fingerprint density at radius 2 is 2.06 bits per heavy atom. The van der Waals surface area contributed by atoms with Crippen LogP contribution in [-0.4, -0.2) is 12.6 Å². The van der Waals surface area contributed by atoms with E-state index in [1.165, 1.54) is 12.1 Å². The molecule has 1 aromatic rings. The zero-order valence-electron chi connectivity index (χ0n) is 11.1. The summed E-state index contributed by atoms with van der Waals surface area (Å²) in [5, 5.41) is 3.42. The van der Waals surface area contributed by atoms with Crippen LogP contribution in [-0.2, 0) is 0 Å². The Labute approximate surface area is 108 Å². The van der Waals surface area contributed by atoms with Gasteiger partial charge in [0, 0.05) is 17.5 Å². The monoisotopic (exact) mass is 253 g/mol. The number of aryl methyl sites for hydroxylation is 1. The molecule has 2 unspecified atom stereocenters. The zero-order valence-corrected chi connectivity index (χ0v) is 11.1. The van der Waals surface area contributed by atoms with Crippen LogP contribution < -0.4 is 5.32 Å². The Balaban J connectivity index is 2.27. The van der Waals surface area contributed by atoms with E-state index in [2.05, 4.69) is 12.2 Å². The molecule has 100 valence electrons. The minimum atomic E-state index is -0.395. The van der Waals surface area contributed by atoms with Gasteiger partial charge in [0.2, 0.25) is 0 Å². The third-order valence-electron chi connectivity index (χ3n) is 3.86. The van der Waals surface area contributed by atoms with Crippen LogP contribution >= 0.6 is 0 Å². The lowest BCUT2D eigenvalue weighted by Crippen LogP contribution is -2.32. The van der Waals surface area contributed by atoms with E-state index >= 15 is 0 Å². The molecule has 2 atom stereocenters. The maximum Gasteiger partial charge on any atom is 0.132 e. The van der Waals surface area contributed by atoms with Gasteiger partial charge in [0.25, 0.3) is 0 Å². The van der Waals surface area contributed by atoms with E-state index in [4.69, 9.17) is 0 Å². The number of rotatable bonds is 4. The number of hydrogen-bond donors (Lipinski definition) is 1. The van der Waals surface area contributed by atoms with Crippen LogP contribution in [0.4, 0.5) is 8.78 Å². The molecule has 1 fully saturated rings. The van der Waals surface area contributed by atoms with E-state index in [0.29, 0.717) is 11.1 Å². The van der Waals surface area contributed by atoms with Crippen molar-refractivity contribution < 1.29 is 8.78 Å². The number of halogens is 2. The second-order valence-electron chi connectivity index (χ2n) is 5.19. The summed E-state index contributed by atoms with van der Waals surface area (Å²) in [6.45, 7) is 4.71. The summed E-state index contributed by atoms with van der Waals surface area (Å²) in [5.41, 5.74) is 0.827. The summed E-state index contributed by atoms with van der Waals surface area (Å²) in [7, 11) is 0. The first-order valence-electron chi connectivity index (χ1n) is 6.83. The van der Waals surface area contributed by atoms with Crippen LogP contribution in [0.5, 0.6) is 0 Å². The predicted octanol–water partition coefficient (Wildman–Crippen LogP) is 3.91. The first kappa shape index (κ1) is 13.5. The van der Waals surface area contributed by atoms with Crippen LogP contribution in [0.25, 0.3) is 0 Å². The Morgan fingerprint density at radius 3 is 2.78 bits per heavy atom. The number of nitrogens with one attached hydrogen (secondary N) is 1. The molecule has 0 aliphatic heterocycles. The fourth-order valence-electron chi connectivity index (χ4n) is 2.90. The summed E-state index contributed by atoms with van der Waals surface area (Å²) < 4.78 is 28.1. The van der Waals surface area contributed by atoms with Crippen molar-refractivity contribution in [3.8, 4) is 0 Å². The minimum Gasteiger partial charge on any atom is -0.313 e. The number of benzene rings is 1. The minimum absolute atomic E-state index is 0.0172. The van der Waals surface area contributed by atoms with E-state index in [0.717, 1.165) is 32.2 Å². The van der Waals surface area contributed by atoms with Crippen molar-refractivity contribution in [1.29, 1.82) is 0 Å². The number of hydrogen-bond acceptors (Lipinski definition) is 1. The fraction of sp³-hybridized carbons (Fsp3) is 0.600. The van der Waals surface area contributed by atoms with Crippen LogP contribution in [0, 0.1) is 18.6 Å². The average molecular weight is 253 g/mol. The highest BCUT2D eigenvalue weighted by molar-refractivity contribution is 5.31. The Hall–Kier alpha value is -0.960. The quantitative estimate of drug-likeness (QED) is 0.858. The average Bonchev–Trinajstić information content (AvgIpc) is 2.80. The van der Waals surface area contributed by atoms with E-state index in [-0.39, 0.29) is 17.8 Å². The van der Waals surface area contributed by atoms with Crippen molar-refractivity contribution in [3.05, 3.63) is 34.9 Å². The predicted molar refractivity (Wildman–Crippen MR) is 69.8 cm³/mol. The molecule has 0 spiro atoms. The highest BCUT2D eigenvalue weighted by atomic mass is 19.1. The molecular weight excluding hydrogens is 232 g/mol. The van der Waals surface area contributed by atoms with Gasteiger partial charge in [-0.3, -0.25) is 0 Å². The molecule has 18 heavy (non-hydrogen) atoms. The van der Waals surface area contributed by atoms with Crippen molar-refractivity contribution in [2.75, 3.05) is 6.54 Å². The van der Waals surface area contributed by atoms with Gasteiger partial charge < -0.3 is 5.32 Å². The van der Waals surface area contributed by atoms with E-state index in [9.17, 15) is 8.78 Å². The van der Waals surface area contributed by atoms with Gasteiger partial charge in [-0.25, -0.2) is 8.78 Å². The SMILES string of the molecule is CCCNC1CCCC1c1c(F)ccc(C)c1F. The standard InChI is InChI=1S/C15H21F2N/c1-3-9-18-13-6-4-5-11(13)14-12(16)8-7-10(2)15(14)17/h7-8,11,13,18H,3-6,9H2,1-2H3. The summed E-state index contributed by atoms with van der Waals surface area (Å²) in [6, 6.07) is 3.12. The molecule has 0 saturated heterocycles. The molecule has 1 nitrogen and oxygen atoms in total. The zero-order chi connectivity index (χ0) is 13.1. The molecule has 3 heteroatoms. The van der Waals surface area contributed by atoms with Crippen molar-refractivity contribution in [2.24, 2.45) is 0 Å². The smallest absolute Gasteiger partial charge is 0.132 e. The largest absolute Gasteiger partial charge is 0.313 e. The Kier molecular flexibility index (Phi) is 4.33. The van der Waals surface area contributed by atoms with Gasteiger partial charge in [-0.15, -0.1) is 0 Å². The van der Waals surface area contributed by atoms with Crippen molar-refractivity contribution in [1.82, 2.24) is 5.32 Å². The van der Waals surface area contributed by atoms with Gasteiger partial charge in [0.1, 0.15) is 11.6 Å². The first-order valence-corrected chi connectivity index (χ1v) is 6.83. The summed E-state index contributed by atoms with van der Waals surface area (Å²) >= 11 is 0. The molecule has 1 aliphatic rings. The molecule has 0 radical (unpaired) electrons. The topological polar surface area (TPSA) is 12.0 Å². The van der Waals surface area contributed by atoms with Gasteiger partial charge in [0.05, 0.1) is 0 Å². The molecule has 0 bridgehead atoms. The molecule has 2 rings (SSSR count). The lowest BCUT2D eigenvalue weighted by atomic mass is 9.91. The summed E-state index contributed by atoms with van der Waals surface area (Å²) in [5.74, 6) is -0.769. The summed E-state index contributed by atoms with van der Waals surface area (Å²) in [6.07, 6.45) is 3.97. The maximum absolute atomic E-state index is 14.1. The molecule has 1 saturated carbocycles. The Bertz CT molecular complexity index is 417. The molecule has 1 aromatic carbocycles. The highest BCUT2D eigenvalue weighted by Crippen LogP contribution is 2.37. The van der Waals surface area contributed by atoms with Crippen molar-refractivity contribution in [3.63, 3.8) is 0 Å². The van der Waals surface area contributed by atoms with Crippen molar-refractivity contribution in [2.45, 2.75) is 51.5 Å². The van der Waals surface area contributed by atoms with Crippen molar-refractivity contribution >= 4 is 0 Å². The molecule has 1 N–H and O–H groups in total. The lowest BCUT2D eigenvalue weighted by molar-refractivity contribution is 0.443.